The molecule has 0 fully saturated rings. The number of allylic oxidation sites excluding steroid dienone is 1. The topological polar surface area (TPSA) is 84.6 Å². The number of benzene rings is 2. The first-order valence-corrected chi connectivity index (χ1v) is 8.90. The molecule has 0 aliphatic carbocycles. The molecular weight excluding hydrogens is 364 g/mol. The number of nitrogens with zero attached hydrogens (tertiary/aromatic N) is 2. The molecule has 0 saturated heterocycles. The highest BCUT2D eigenvalue weighted by Crippen LogP contribution is 2.37. The van der Waals surface area contributed by atoms with E-state index in [1.165, 1.54) is 18.4 Å². The van der Waals surface area contributed by atoms with Gasteiger partial charge in [-0.25, -0.2) is 4.98 Å². The van der Waals surface area contributed by atoms with Crippen LogP contribution in [0.5, 0.6) is 23.0 Å². The van der Waals surface area contributed by atoms with Gasteiger partial charge in [0.25, 0.3) is 0 Å². The molecule has 3 aromatic rings. The summed E-state index contributed by atoms with van der Waals surface area (Å²) in [6.45, 7) is 0.219. The molecule has 1 aliphatic heterocycles. The standard InChI is InChI=1S/C20H14N2O4S/c1-24-17-4-2-12(7-16(17)23)6-14(9-21)20-22-15(10-27-20)13-3-5-18-19(8-13)26-11-25-18/h2-8,10,23H,11H2,1H3. The van der Waals surface area contributed by atoms with Gasteiger partial charge in [-0.15, -0.1) is 11.3 Å². The van der Waals surface area contributed by atoms with Gasteiger partial charge >= 0.3 is 0 Å². The van der Waals surface area contributed by atoms with Crippen molar-refractivity contribution in [2.75, 3.05) is 13.9 Å². The van der Waals surface area contributed by atoms with E-state index in [0.29, 0.717) is 33.4 Å². The summed E-state index contributed by atoms with van der Waals surface area (Å²) < 4.78 is 15.8. The van der Waals surface area contributed by atoms with E-state index in [4.69, 9.17) is 14.2 Å². The molecule has 1 aliphatic rings. The number of phenols is 1. The summed E-state index contributed by atoms with van der Waals surface area (Å²) in [5.41, 5.74) is 2.74. The average Bonchev–Trinajstić information content (AvgIpc) is 3.35. The smallest absolute Gasteiger partial charge is 0.231 e. The molecule has 0 unspecified atom stereocenters. The summed E-state index contributed by atoms with van der Waals surface area (Å²) >= 11 is 1.38. The molecule has 0 amide bonds. The van der Waals surface area contributed by atoms with Crippen molar-refractivity contribution in [2.45, 2.75) is 0 Å². The van der Waals surface area contributed by atoms with E-state index in [1.54, 1.807) is 24.3 Å². The average molecular weight is 378 g/mol. The van der Waals surface area contributed by atoms with Gasteiger partial charge in [0.05, 0.1) is 18.4 Å². The van der Waals surface area contributed by atoms with E-state index in [9.17, 15) is 10.4 Å². The highest BCUT2D eigenvalue weighted by molar-refractivity contribution is 7.11. The minimum Gasteiger partial charge on any atom is -0.504 e. The van der Waals surface area contributed by atoms with E-state index in [-0.39, 0.29) is 12.5 Å². The van der Waals surface area contributed by atoms with Crippen LogP contribution in [-0.2, 0) is 0 Å². The number of ether oxygens (including phenoxy) is 3. The van der Waals surface area contributed by atoms with E-state index < -0.39 is 0 Å². The predicted octanol–water partition coefficient (Wildman–Crippen LogP) is 4.32. The fourth-order valence-electron chi connectivity index (χ4n) is 2.69. The van der Waals surface area contributed by atoms with Gasteiger partial charge < -0.3 is 19.3 Å². The summed E-state index contributed by atoms with van der Waals surface area (Å²) in [4.78, 5) is 4.57. The Hall–Kier alpha value is -3.50. The second-order valence-corrected chi connectivity index (χ2v) is 6.57. The van der Waals surface area contributed by atoms with E-state index in [1.807, 2.05) is 23.6 Å². The van der Waals surface area contributed by atoms with Gasteiger partial charge in [-0.1, -0.05) is 6.07 Å². The summed E-state index contributed by atoms with van der Waals surface area (Å²) in [6, 6.07) is 12.8. The molecule has 27 heavy (non-hydrogen) atoms. The first kappa shape index (κ1) is 16.9. The molecule has 0 atom stereocenters. The number of hydrogen-bond donors (Lipinski definition) is 1. The second kappa shape index (κ2) is 7.02. The third-order valence-corrected chi connectivity index (χ3v) is 4.91. The Morgan fingerprint density at radius 2 is 2.11 bits per heavy atom. The molecule has 7 heteroatoms. The van der Waals surface area contributed by atoms with Crippen molar-refractivity contribution < 1.29 is 19.3 Å². The lowest BCUT2D eigenvalue weighted by atomic mass is 10.1. The van der Waals surface area contributed by atoms with Crippen molar-refractivity contribution in [3.63, 3.8) is 0 Å². The second-order valence-electron chi connectivity index (χ2n) is 5.71. The van der Waals surface area contributed by atoms with Crippen LogP contribution in [-0.4, -0.2) is 24.0 Å². The van der Waals surface area contributed by atoms with Crippen molar-refractivity contribution in [1.82, 2.24) is 4.98 Å². The summed E-state index contributed by atoms with van der Waals surface area (Å²) in [6.07, 6.45) is 1.68. The first-order valence-electron chi connectivity index (χ1n) is 8.02. The van der Waals surface area contributed by atoms with Gasteiger partial charge in [0.15, 0.2) is 23.0 Å². The zero-order chi connectivity index (χ0) is 18.8. The Balaban J connectivity index is 1.65. The van der Waals surface area contributed by atoms with Gasteiger partial charge in [-0.05, 0) is 42.0 Å². The van der Waals surface area contributed by atoms with Crippen molar-refractivity contribution in [3.8, 4) is 40.3 Å². The molecule has 0 spiro atoms. The minimum absolute atomic E-state index is 0.0173. The number of thiazole rings is 1. The third-order valence-electron chi connectivity index (χ3n) is 4.04. The molecule has 6 nitrogen and oxygen atoms in total. The van der Waals surface area contributed by atoms with E-state index in [2.05, 4.69) is 11.1 Å². The Bertz CT molecular complexity index is 1080. The van der Waals surface area contributed by atoms with Crippen LogP contribution in [0.1, 0.15) is 10.6 Å². The van der Waals surface area contributed by atoms with Crippen LogP contribution in [0.25, 0.3) is 22.9 Å². The molecule has 2 heterocycles. The number of rotatable bonds is 4. The maximum Gasteiger partial charge on any atom is 0.231 e. The summed E-state index contributed by atoms with van der Waals surface area (Å²) in [5, 5.41) is 21.9. The van der Waals surface area contributed by atoms with Crippen LogP contribution in [0, 0.1) is 11.3 Å². The van der Waals surface area contributed by atoms with Gasteiger partial charge in [-0.2, -0.15) is 5.26 Å². The highest BCUT2D eigenvalue weighted by atomic mass is 32.1. The Morgan fingerprint density at radius 1 is 1.26 bits per heavy atom. The van der Waals surface area contributed by atoms with Crippen LogP contribution in [0.2, 0.25) is 0 Å². The van der Waals surface area contributed by atoms with Gasteiger partial charge in [0.1, 0.15) is 11.1 Å². The number of nitriles is 1. The molecule has 1 N–H and O–H groups in total. The highest BCUT2D eigenvalue weighted by Gasteiger charge is 2.16. The fourth-order valence-corrected chi connectivity index (χ4v) is 3.49. The monoisotopic (exact) mass is 378 g/mol. The zero-order valence-electron chi connectivity index (χ0n) is 14.3. The lowest BCUT2D eigenvalue weighted by molar-refractivity contribution is 0.174. The van der Waals surface area contributed by atoms with Crippen LogP contribution in [0.4, 0.5) is 0 Å². The largest absolute Gasteiger partial charge is 0.504 e. The van der Waals surface area contributed by atoms with Crippen molar-refractivity contribution in [1.29, 1.82) is 5.26 Å². The van der Waals surface area contributed by atoms with E-state index >= 15 is 0 Å². The maximum atomic E-state index is 9.90. The molecular formula is C20H14N2O4S. The molecule has 4 rings (SSSR count). The third kappa shape index (κ3) is 3.30. The van der Waals surface area contributed by atoms with Crippen molar-refractivity contribution in [2.24, 2.45) is 0 Å². The Labute approximate surface area is 159 Å². The maximum absolute atomic E-state index is 9.90. The molecule has 1 aromatic heterocycles. The fraction of sp³-hybridized carbons (Fsp3) is 0.100. The molecule has 0 bridgehead atoms. The van der Waals surface area contributed by atoms with Crippen LogP contribution in [0.15, 0.2) is 41.8 Å². The number of hydrogen-bond acceptors (Lipinski definition) is 7. The lowest BCUT2D eigenvalue weighted by Crippen LogP contribution is -1.92. The number of methoxy groups -OCH3 is 1. The molecule has 0 saturated carbocycles. The van der Waals surface area contributed by atoms with Gasteiger partial charge in [-0.3, -0.25) is 0 Å². The quantitative estimate of drug-likeness (QED) is 0.681. The molecule has 2 aromatic carbocycles. The van der Waals surface area contributed by atoms with Gasteiger partial charge in [0, 0.05) is 10.9 Å². The molecule has 134 valence electrons. The summed E-state index contributed by atoms with van der Waals surface area (Å²) in [5.74, 6) is 1.80. The number of aromatic nitrogens is 1. The number of phenolic OH excluding ortho intramolecular Hbond substituents is 1. The van der Waals surface area contributed by atoms with Crippen LogP contribution in [0.3, 0.4) is 0 Å². The van der Waals surface area contributed by atoms with Gasteiger partial charge in [0.2, 0.25) is 6.79 Å². The van der Waals surface area contributed by atoms with Crippen molar-refractivity contribution >= 4 is 23.0 Å². The Kier molecular flexibility index (Phi) is 4.40. The van der Waals surface area contributed by atoms with Crippen molar-refractivity contribution in [3.05, 3.63) is 52.3 Å². The first-order chi connectivity index (χ1) is 13.2. The summed E-state index contributed by atoms with van der Waals surface area (Å²) in [7, 11) is 1.48. The van der Waals surface area contributed by atoms with E-state index in [0.717, 1.165) is 11.3 Å². The van der Waals surface area contributed by atoms with Crippen LogP contribution >= 0.6 is 11.3 Å². The predicted molar refractivity (Wildman–Crippen MR) is 102 cm³/mol. The normalized spacial score (nSPS) is 12.7. The Morgan fingerprint density at radius 3 is 2.89 bits per heavy atom. The zero-order valence-corrected chi connectivity index (χ0v) is 15.1. The van der Waals surface area contributed by atoms with Crippen LogP contribution < -0.4 is 14.2 Å². The molecule has 0 radical (unpaired) electrons. The lowest BCUT2D eigenvalue weighted by Gasteiger charge is -2.03. The number of aromatic hydroxyl groups is 1. The number of fused-ring (bicyclic) bond motifs is 1. The SMILES string of the molecule is COc1ccc(C=C(C#N)c2nc(-c3ccc4c(c3)OCO4)cs2)cc1O. The minimum atomic E-state index is 0.0173.